The zero-order valence-electron chi connectivity index (χ0n) is 9.75. The molecule has 15 heavy (non-hydrogen) atoms. The van der Waals surface area contributed by atoms with E-state index >= 15 is 0 Å². The number of hydrogen-bond acceptors (Lipinski definition) is 3. The highest BCUT2D eigenvalue weighted by molar-refractivity contribution is 5.98. The van der Waals surface area contributed by atoms with Gasteiger partial charge in [-0.15, -0.1) is 0 Å². The molecule has 4 heteroatoms. The summed E-state index contributed by atoms with van der Waals surface area (Å²) in [4.78, 5) is 24.8. The number of likely N-dealkylation sites (tertiary alicyclic amines) is 1. The minimum atomic E-state index is -0.182. The summed E-state index contributed by atoms with van der Waals surface area (Å²) in [7, 11) is 0. The Morgan fingerprint density at radius 2 is 1.80 bits per heavy atom. The van der Waals surface area contributed by atoms with E-state index in [2.05, 4.69) is 0 Å². The zero-order valence-corrected chi connectivity index (χ0v) is 9.75. The maximum absolute atomic E-state index is 11.7. The fourth-order valence-corrected chi connectivity index (χ4v) is 1.79. The molecule has 1 atom stereocenters. The first-order valence-corrected chi connectivity index (χ1v) is 5.40. The van der Waals surface area contributed by atoms with E-state index in [0.717, 1.165) is 0 Å². The van der Waals surface area contributed by atoms with Gasteiger partial charge in [0, 0.05) is 25.4 Å². The van der Waals surface area contributed by atoms with Gasteiger partial charge in [0.05, 0.1) is 0 Å². The lowest BCUT2D eigenvalue weighted by Crippen LogP contribution is -2.47. The van der Waals surface area contributed by atoms with Crippen LogP contribution in [0.5, 0.6) is 0 Å². The fourth-order valence-electron chi connectivity index (χ4n) is 1.79. The quantitative estimate of drug-likeness (QED) is 0.707. The topological polar surface area (TPSA) is 63.4 Å². The van der Waals surface area contributed by atoms with E-state index in [0.29, 0.717) is 25.8 Å². The molecule has 2 amide bonds. The number of piperidine rings is 1. The van der Waals surface area contributed by atoms with Gasteiger partial charge in [0.25, 0.3) is 0 Å². The molecule has 0 saturated carbocycles. The van der Waals surface area contributed by atoms with Crippen LogP contribution in [0, 0.1) is 5.41 Å². The van der Waals surface area contributed by atoms with Crippen LogP contribution in [0.15, 0.2) is 0 Å². The van der Waals surface area contributed by atoms with Crippen molar-refractivity contribution in [1.29, 1.82) is 0 Å². The van der Waals surface area contributed by atoms with Crippen molar-refractivity contribution < 1.29 is 9.59 Å². The molecule has 1 unspecified atom stereocenters. The first kappa shape index (κ1) is 12.2. The third-order valence-corrected chi connectivity index (χ3v) is 2.67. The van der Waals surface area contributed by atoms with E-state index in [1.165, 1.54) is 4.90 Å². The van der Waals surface area contributed by atoms with Crippen molar-refractivity contribution >= 4 is 11.8 Å². The molecular weight excluding hydrogens is 192 g/mol. The monoisotopic (exact) mass is 212 g/mol. The van der Waals surface area contributed by atoms with Crippen LogP contribution >= 0.6 is 0 Å². The second-order valence-electron chi connectivity index (χ2n) is 5.22. The minimum absolute atomic E-state index is 0.0283. The van der Waals surface area contributed by atoms with Gasteiger partial charge in [-0.25, -0.2) is 0 Å². The second kappa shape index (κ2) is 4.31. The Balaban J connectivity index is 2.59. The van der Waals surface area contributed by atoms with Gasteiger partial charge in [0.15, 0.2) is 0 Å². The molecule has 1 fully saturated rings. The molecule has 1 aliphatic heterocycles. The SMILES string of the molecule is CC(N)CCN1C(=O)CC(C)(C)CC1=O. The lowest BCUT2D eigenvalue weighted by atomic mass is 9.81. The van der Waals surface area contributed by atoms with E-state index in [1.807, 2.05) is 20.8 Å². The number of carbonyl (C=O) groups is 2. The molecule has 1 aliphatic rings. The summed E-state index contributed by atoms with van der Waals surface area (Å²) in [5.41, 5.74) is 5.42. The van der Waals surface area contributed by atoms with Gasteiger partial charge in [0.1, 0.15) is 0 Å². The summed E-state index contributed by atoms with van der Waals surface area (Å²) in [5.74, 6) is -0.117. The van der Waals surface area contributed by atoms with Crippen molar-refractivity contribution in [3.63, 3.8) is 0 Å². The van der Waals surface area contributed by atoms with E-state index < -0.39 is 0 Å². The Labute approximate surface area is 90.8 Å². The standard InChI is InChI=1S/C11H20N2O2/c1-8(12)4-5-13-9(14)6-11(2,3)7-10(13)15/h8H,4-7,12H2,1-3H3. The van der Waals surface area contributed by atoms with Gasteiger partial charge in [-0.1, -0.05) is 13.8 Å². The molecule has 0 aliphatic carbocycles. The molecule has 1 saturated heterocycles. The molecule has 0 aromatic heterocycles. The normalized spacial score (nSPS) is 23.1. The second-order valence-corrected chi connectivity index (χ2v) is 5.22. The number of nitrogens with two attached hydrogens (primary N) is 1. The Morgan fingerprint density at radius 3 is 2.20 bits per heavy atom. The predicted molar refractivity (Wildman–Crippen MR) is 58.0 cm³/mol. The Hall–Kier alpha value is -0.900. The average molecular weight is 212 g/mol. The molecule has 0 spiro atoms. The maximum Gasteiger partial charge on any atom is 0.229 e. The lowest BCUT2D eigenvalue weighted by molar-refractivity contribution is -0.152. The Morgan fingerprint density at radius 1 is 1.33 bits per heavy atom. The lowest BCUT2D eigenvalue weighted by Gasteiger charge is -2.34. The molecule has 0 aromatic carbocycles. The van der Waals surface area contributed by atoms with Crippen LogP contribution in [-0.4, -0.2) is 29.3 Å². The van der Waals surface area contributed by atoms with E-state index in [1.54, 1.807) is 0 Å². The minimum Gasteiger partial charge on any atom is -0.328 e. The van der Waals surface area contributed by atoms with Crippen molar-refractivity contribution in [1.82, 2.24) is 4.90 Å². The number of carbonyl (C=O) groups excluding carboxylic acids is 2. The van der Waals surface area contributed by atoms with Crippen LogP contribution in [0.2, 0.25) is 0 Å². The molecule has 0 bridgehead atoms. The number of amides is 2. The summed E-state index contributed by atoms with van der Waals surface area (Å²) in [6.07, 6.45) is 1.59. The van der Waals surface area contributed by atoms with Crippen molar-refractivity contribution in [2.45, 2.75) is 46.1 Å². The zero-order chi connectivity index (χ0) is 11.6. The third-order valence-electron chi connectivity index (χ3n) is 2.67. The summed E-state index contributed by atoms with van der Waals surface area (Å²) in [6, 6.07) is 0.0283. The summed E-state index contributed by atoms with van der Waals surface area (Å²) in [6.45, 7) is 6.24. The van der Waals surface area contributed by atoms with Crippen LogP contribution < -0.4 is 5.73 Å². The highest BCUT2D eigenvalue weighted by Gasteiger charge is 2.36. The predicted octanol–water partition coefficient (Wildman–Crippen LogP) is 0.899. The fraction of sp³-hybridized carbons (Fsp3) is 0.818. The van der Waals surface area contributed by atoms with E-state index in [4.69, 9.17) is 5.73 Å². The Bertz CT molecular complexity index is 252. The van der Waals surface area contributed by atoms with Crippen LogP contribution in [0.4, 0.5) is 0 Å². The molecule has 4 nitrogen and oxygen atoms in total. The molecule has 1 rings (SSSR count). The molecule has 86 valence electrons. The molecule has 1 heterocycles. The molecular formula is C11H20N2O2. The van der Waals surface area contributed by atoms with Gasteiger partial charge in [-0.05, 0) is 18.8 Å². The molecule has 0 radical (unpaired) electrons. The molecule has 2 N–H and O–H groups in total. The van der Waals surface area contributed by atoms with E-state index in [9.17, 15) is 9.59 Å². The average Bonchev–Trinajstić information content (AvgIpc) is 1.98. The largest absolute Gasteiger partial charge is 0.328 e. The van der Waals surface area contributed by atoms with Gasteiger partial charge in [0.2, 0.25) is 11.8 Å². The summed E-state index contributed by atoms with van der Waals surface area (Å²) >= 11 is 0. The number of hydrogen-bond donors (Lipinski definition) is 1. The first-order valence-electron chi connectivity index (χ1n) is 5.40. The smallest absolute Gasteiger partial charge is 0.229 e. The highest BCUT2D eigenvalue weighted by atomic mass is 16.2. The maximum atomic E-state index is 11.7. The van der Waals surface area contributed by atoms with Gasteiger partial charge in [-0.2, -0.15) is 0 Å². The van der Waals surface area contributed by atoms with Crippen LogP contribution in [0.25, 0.3) is 0 Å². The first-order chi connectivity index (χ1) is 6.82. The highest BCUT2D eigenvalue weighted by Crippen LogP contribution is 2.31. The van der Waals surface area contributed by atoms with Gasteiger partial charge < -0.3 is 5.73 Å². The van der Waals surface area contributed by atoms with Crippen LogP contribution in [-0.2, 0) is 9.59 Å². The van der Waals surface area contributed by atoms with E-state index in [-0.39, 0.29) is 23.3 Å². The summed E-state index contributed by atoms with van der Waals surface area (Å²) < 4.78 is 0. The van der Waals surface area contributed by atoms with Crippen molar-refractivity contribution in [3.8, 4) is 0 Å². The van der Waals surface area contributed by atoms with Crippen LogP contribution in [0.3, 0.4) is 0 Å². The van der Waals surface area contributed by atoms with Gasteiger partial charge >= 0.3 is 0 Å². The van der Waals surface area contributed by atoms with Crippen molar-refractivity contribution in [2.24, 2.45) is 11.1 Å². The summed E-state index contributed by atoms with van der Waals surface area (Å²) in [5, 5.41) is 0. The number of imide groups is 1. The van der Waals surface area contributed by atoms with Crippen LogP contribution in [0.1, 0.15) is 40.0 Å². The Kier molecular flexibility index (Phi) is 3.50. The molecule has 0 aromatic rings. The number of rotatable bonds is 3. The van der Waals surface area contributed by atoms with Crippen molar-refractivity contribution in [2.75, 3.05) is 6.54 Å². The number of nitrogens with zero attached hydrogens (tertiary/aromatic N) is 1. The van der Waals surface area contributed by atoms with Crippen molar-refractivity contribution in [3.05, 3.63) is 0 Å². The third kappa shape index (κ3) is 3.30. The van der Waals surface area contributed by atoms with Gasteiger partial charge in [-0.3, -0.25) is 14.5 Å².